The van der Waals surface area contributed by atoms with Gasteiger partial charge < -0.3 is 18.8 Å². The number of hydrogen-bond acceptors (Lipinski definition) is 6. The molecule has 1 aliphatic rings. The lowest BCUT2D eigenvalue weighted by atomic mass is 10.1. The van der Waals surface area contributed by atoms with Crippen LogP contribution in [0.3, 0.4) is 0 Å². The minimum absolute atomic E-state index is 0.138. The third-order valence-corrected chi connectivity index (χ3v) is 5.89. The predicted molar refractivity (Wildman–Crippen MR) is 128 cm³/mol. The Morgan fingerprint density at radius 1 is 1.21 bits per heavy atom. The number of imidazole rings is 1. The molecule has 0 unspecified atom stereocenters. The minimum Gasteiger partial charge on any atom is -0.496 e. The largest absolute Gasteiger partial charge is 0.496 e. The Morgan fingerprint density at radius 2 is 2.09 bits per heavy atom. The number of anilines is 1. The zero-order valence-corrected chi connectivity index (χ0v) is 19.5. The van der Waals surface area contributed by atoms with E-state index < -0.39 is 6.09 Å². The topological polar surface area (TPSA) is 92.4 Å². The number of aryl methyl sites for hydroxylation is 2. The maximum atomic E-state index is 12.6. The summed E-state index contributed by atoms with van der Waals surface area (Å²) in [7, 11) is 1.63. The highest BCUT2D eigenvalue weighted by Crippen LogP contribution is 2.31. The normalized spacial score (nSPS) is 13.0. The van der Waals surface area contributed by atoms with Crippen LogP contribution in [0.15, 0.2) is 42.5 Å². The van der Waals surface area contributed by atoms with Gasteiger partial charge in [-0.05, 0) is 49.2 Å². The lowest BCUT2D eigenvalue weighted by Crippen LogP contribution is -2.16. The van der Waals surface area contributed by atoms with Gasteiger partial charge in [-0.15, -0.1) is 0 Å². The second-order valence-electron chi connectivity index (χ2n) is 8.19. The second kappa shape index (κ2) is 9.18. The Balaban J connectivity index is 1.28. The molecule has 2 aromatic carbocycles. The molecule has 0 saturated carbocycles. The van der Waals surface area contributed by atoms with Gasteiger partial charge in [0.2, 0.25) is 0 Å². The number of amides is 1. The lowest BCUT2D eigenvalue weighted by molar-refractivity contribution is 0.0830. The van der Waals surface area contributed by atoms with E-state index in [0.717, 1.165) is 45.8 Å². The molecule has 0 spiro atoms. The highest BCUT2D eigenvalue weighted by atomic mass is 16.5. The number of benzene rings is 2. The third-order valence-electron chi connectivity index (χ3n) is 5.89. The van der Waals surface area contributed by atoms with Gasteiger partial charge in [-0.2, -0.15) is 5.10 Å². The summed E-state index contributed by atoms with van der Waals surface area (Å²) in [6.07, 6.45) is -0.547. The van der Waals surface area contributed by atoms with E-state index in [4.69, 9.17) is 14.2 Å². The van der Waals surface area contributed by atoms with Gasteiger partial charge in [0.05, 0.1) is 30.4 Å². The van der Waals surface area contributed by atoms with Crippen molar-refractivity contribution < 1.29 is 19.0 Å². The number of nitrogens with zero attached hydrogens (tertiary/aromatic N) is 4. The molecule has 176 valence electrons. The van der Waals surface area contributed by atoms with Crippen LogP contribution in [0.4, 0.5) is 10.6 Å². The van der Waals surface area contributed by atoms with E-state index >= 15 is 0 Å². The maximum Gasteiger partial charge on any atom is 0.413 e. The van der Waals surface area contributed by atoms with Gasteiger partial charge in [0.1, 0.15) is 30.6 Å². The van der Waals surface area contributed by atoms with Crippen molar-refractivity contribution in [1.82, 2.24) is 19.3 Å². The average Bonchev–Trinajstić information content (AvgIpc) is 3.43. The lowest BCUT2D eigenvalue weighted by Gasteiger charge is -2.14. The third kappa shape index (κ3) is 4.22. The number of rotatable bonds is 6. The molecule has 4 aromatic rings. The second-order valence-corrected chi connectivity index (χ2v) is 8.19. The summed E-state index contributed by atoms with van der Waals surface area (Å²) in [4.78, 5) is 17.2. The van der Waals surface area contributed by atoms with E-state index in [2.05, 4.69) is 20.0 Å². The van der Waals surface area contributed by atoms with Crippen molar-refractivity contribution >= 4 is 22.9 Å². The quantitative estimate of drug-likeness (QED) is 0.454. The Bertz CT molecular complexity index is 1360. The summed E-state index contributed by atoms with van der Waals surface area (Å²) in [5.74, 6) is 2.21. The number of nitrogens with one attached hydrogen (secondary N) is 1. The van der Waals surface area contributed by atoms with E-state index in [-0.39, 0.29) is 6.61 Å². The molecular weight excluding hydrogens is 434 g/mol. The predicted octanol–water partition coefficient (Wildman–Crippen LogP) is 4.52. The van der Waals surface area contributed by atoms with Crippen LogP contribution in [-0.4, -0.2) is 39.1 Å². The number of carbonyl (C=O) groups is 1. The molecule has 3 heterocycles. The molecule has 0 bridgehead atoms. The number of carbonyl (C=O) groups excluding carboxylic acids is 1. The van der Waals surface area contributed by atoms with Crippen LogP contribution in [0.25, 0.3) is 22.3 Å². The SMILES string of the molecule is CCn1nc(-c2ccc(C)cc2OC)cc1NC(=O)OCc1ccc2c(c1)nc1n2CCOC1. The molecular formula is C25H27N5O4. The Hall–Kier alpha value is -3.85. The standard InChI is InChI=1S/C25H27N5O4/c1-4-30-23(13-19(28-30)18-7-5-16(2)11-22(18)32-3)27-25(31)34-14-17-6-8-21-20(12-17)26-24-15-33-10-9-29(21)24/h5-8,11-13H,4,9-10,14-15H2,1-3H3,(H,27,31). The molecule has 1 aliphatic heterocycles. The monoisotopic (exact) mass is 461 g/mol. The maximum absolute atomic E-state index is 12.6. The van der Waals surface area contributed by atoms with Crippen molar-refractivity contribution in [1.29, 1.82) is 0 Å². The first-order valence-electron chi connectivity index (χ1n) is 11.3. The highest BCUT2D eigenvalue weighted by Gasteiger charge is 2.17. The van der Waals surface area contributed by atoms with Crippen molar-refractivity contribution in [2.24, 2.45) is 0 Å². The summed E-state index contributed by atoms with van der Waals surface area (Å²) < 4.78 is 20.4. The van der Waals surface area contributed by atoms with Gasteiger partial charge in [0.25, 0.3) is 0 Å². The number of fused-ring (bicyclic) bond motifs is 3. The Kier molecular flexibility index (Phi) is 5.93. The first kappa shape index (κ1) is 22.0. The molecule has 34 heavy (non-hydrogen) atoms. The zero-order valence-electron chi connectivity index (χ0n) is 19.5. The van der Waals surface area contributed by atoms with Gasteiger partial charge in [-0.1, -0.05) is 12.1 Å². The van der Waals surface area contributed by atoms with Crippen molar-refractivity contribution in [3.8, 4) is 17.0 Å². The van der Waals surface area contributed by atoms with Crippen molar-refractivity contribution in [3.05, 3.63) is 59.4 Å². The molecule has 9 heteroatoms. The van der Waals surface area contributed by atoms with Gasteiger partial charge in [0, 0.05) is 24.7 Å². The highest BCUT2D eigenvalue weighted by molar-refractivity contribution is 5.85. The van der Waals surface area contributed by atoms with E-state index in [1.165, 1.54) is 0 Å². The van der Waals surface area contributed by atoms with E-state index in [0.29, 0.717) is 31.3 Å². The van der Waals surface area contributed by atoms with Crippen LogP contribution in [0.2, 0.25) is 0 Å². The number of aromatic nitrogens is 4. The Labute approximate surface area is 197 Å². The number of hydrogen-bond donors (Lipinski definition) is 1. The molecule has 0 saturated heterocycles. The van der Waals surface area contributed by atoms with Gasteiger partial charge >= 0.3 is 6.09 Å². The van der Waals surface area contributed by atoms with Crippen LogP contribution < -0.4 is 10.1 Å². The van der Waals surface area contributed by atoms with Crippen LogP contribution in [0.1, 0.15) is 23.9 Å². The number of ether oxygens (including phenoxy) is 3. The van der Waals surface area contributed by atoms with Gasteiger partial charge in [-0.25, -0.2) is 14.5 Å². The summed E-state index contributed by atoms with van der Waals surface area (Å²) in [6.45, 7) is 6.71. The smallest absolute Gasteiger partial charge is 0.413 e. The van der Waals surface area contributed by atoms with E-state index in [9.17, 15) is 4.79 Å². The summed E-state index contributed by atoms with van der Waals surface area (Å²) in [5, 5.41) is 7.43. The fourth-order valence-electron chi connectivity index (χ4n) is 4.18. The number of methoxy groups -OCH3 is 1. The molecule has 0 radical (unpaired) electrons. The molecule has 0 atom stereocenters. The van der Waals surface area contributed by atoms with Crippen molar-refractivity contribution in [2.45, 2.75) is 40.2 Å². The zero-order chi connectivity index (χ0) is 23.7. The summed E-state index contributed by atoms with van der Waals surface area (Å²) in [5.41, 5.74) is 5.48. The molecule has 0 fully saturated rings. The summed E-state index contributed by atoms with van der Waals surface area (Å²) in [6, 6.07) is 13.7. The Morgan fingerprint density at radius 3 is 2.91 bits per heavy atom. The average molecular weight is 462 g/mol. The first-order valence-corrected chi connectivity index (χ1v) is 11.3. The van der Waals surface area contributed by atoms with Crippen LogP contribution in [0.5, 0.6) is 5.75 Å². The van der Waals surface area contributed by atoms with Crippen LogP contribution >= 0.6 is 0 Å². The van der Waals surface area contributed by atoms with E-state index in [1.54, 1.807) is 11.8 Å². The van der Waals surface area contributed by atoms with Crippen molar-refractivity contribution in [3.63, 3.8) is 0 Å². The fraction of sp³-hybridized carbons (Fsp3) is 0.320. The molecule has 2 aromatic heterocycles. The van der Waals surface area contributed by atoms with Gasteiger partial charge in [0.15, 0.2) is 0 Å². The van der Waals surface area contributed by atoms with Gasteiger partial charge in [-0.3, -0.25) is 5.32 Å². The first-order chi connectivity index (χ1) is 16.6. The fourth-order valence-corrected chi connectivity index (χ4v) is 4.18. The van der Waals surface area contributed by atoms with Crippen LogP contribution in [-0.2, 0) is 35.8 Å². The molecule has 5 rings (SSSR count). The van der Waals surface area contributed by atoms with Crippen molar-refractivity contribution in [2.75, 3.05) is 19.0 Å². The van der Waals surface area contributed by atoms with E-state index in [1.807, 2.05) is 56.3 Å². The molecule has 1 N–H and O–H groups in total. The minimum atomic E-state index is -0.547. The molecule has 9 nitrogen and oxygen atoms in total. The molecule has 0 aliphatic carbocycles. The van der Waals surface area contributed by atoms with Crippen LogP contribution in [0, 0.1) is 6.92 Å². The summed E-state index contributed by atoms with van der Waals surface area (Å²) >= 11 is 0. The molecule has 1 amide bonds.